The van der Waals surface area contributed by atoms with Crippen molar-refractivity contribution in [2.75, 3.05) is 24.5 Å². The molecule has 1 aliphatic heterocycles. The lowest BCUT2D eigenvalue weighted by Crippen LogP contribution is -2.26. The molecule has 4 rings (SSSR count). The van der Waals surface area contributed by atoms with E-state index >= 15 is 0 Å². The third-order valence-corrected chi connectivity index (χ3v) is 6.38. The number of nitriles is 1. The van der Waals surface area contributed by atoms with E-state index in [1.807, 2.05) is 31.2 Å². The summed E-state index contributed by atoms with van der Waals surface area (Å²) in [6, 6.07) is 13.5. The van der Waals surface area contributed by atoms with Gasteiger partial charge in [0.05, 0.1) is 22.0 Å². The summed E-state index contributed by atoms with van der Waals surface area (Å²) in [6.45, 7) is 4.37. The van der Waals surface area contributed by atoms with Crippen molar-refractivity contribution in [3.8, 4) is 23.0 Å². The summed E-state index contributed by atoms with van der Waals surface area (Å²) in [6.07, 6.45) is 3.84. The summed E-state index contributed by atoms with van der Waals surface area (Å²) in [5.74, 6) is -0.983. The fraction of sp³-hybridized carbons (Fsp3) is 0.346. The minimum atomic E-state index is -0.643. The maximum Gasteiger partial charge on any atom is 0.271 e. The molecule has 3 aromatic rings. The first kappa shape index (κ1) is 24.7. The summed E-state index contributed by atoms with van der Waals surface area (Å²) in [4.78, 5) is 15.1. The Kier molecular flexibility index (Phi) is 7.69. The van der Waals surface area contributed by atoms with Crippen LogP contribution in [0.5, 0.6) is 0 Å². The van der Waals surface area contributed by atoms with Crippen molar-refractivity contribution >= 4 is 23.2 Å². The monoisotopic (exact) mass is 494 g/mol. The minimum absolute atomic E-state index is 0.0556. The van der Waals surface area contributed by atoms with Crippen LogP contribution in [0.3, 0.4) is 0 Å². The summed E-state index contributed by atoms with van der Waals surface area (Å²) in [5, 5.41) is 16.9. The first-order chi connectivity index (χ1) is 16.9. The van der Waals surface area contributed by atoms with Crippen LogP contribution in [0.1, 0.15) is 48.7 Å². The molecular formula is C26H28ClFN6O. The number of benzene rings is 2. The van der Waals surface area contributed by atoms with E-state index in [-0.39, 0.29) is 23.2 Å². The molecular weight excluding hydrogens is 467 g/mol. The molecule has 2 heterocycles. The molecule has 1 aromatic heterocycles. The SMILES string of the molecule is C[C@H](N)CCCNC(=O)c1cc(-c2ccc(C#N)c(F)c2)n(-c2ccc(N3CCCC3)cc2Cl)n1. The molecule has 0 unspecified atom stereocenters. The first-order valence-electron chi connectivity index (χ1n) is 11.8. The highest BCUT2D eigenvalue weighted by molar-refractivity contribution is 6.32. The van der Waals surface area contributed by atoms with Gasteiger partial charge in [0.25, 0.3) is 5.91 Å². The molecule has 1 atom stereocenters. The van der Waals surface area contributed by atoms with Gasteiger partial charge in [0, 0.05) is 36.9 Å². The average molecular weight is 495 g/mol. The molecule has 2 aromatic carbocycles. The summed E-state index contributed by atoms with van der Waals surface area (Å²) in [7, 11) is 0. The van der Waals surface area contributed by atoms with E-state index in [9.17, 15) is 9.18 Å². The van der Waals surface area contributed by atoms with Crippen LogP contribution in [-0.4, -0.2) is 41.4 Å². The van der Waals surface area contributed by atoms with E-state index < -0.39 is 5.82 Å². The molecule has 9 heteroatoms. The van der Waals surface area contributed by atoms with Crippen molar-refractivity contribution in [2.24, 2.45) is 5.73 Å². The van der Waals surface area contributed by atoms with Gasteiger partial charge in [0.2, 0.25) is 0 Å². The quantitative estimate of drug-likeness (QED) is 0.443. The number of nitrogens with one attached hydrogen (secondary N) is 1. The number of anilines is 1. The minimum Gasteiger partial charge on any atom is -0.371 e. The van der Waals surface area contributed by atoms with Crippen molar-refractivity contribution in [2.45, 2.75) is 38.6 Å². The maximum atomic E-state index is 14.4. The number of rotatable bonds is 8. The predicted molar refractivity (Wildman–Crippen MR) is 135 cm³/mol. The fourth-order valence-electron chi connectivity index (χ4n) is 4.20. The molecule has 3 N–H and O–H groups in total. The number of aromatic nitrogens is 2. The molecule has 1 saturated heterocycles. The second-order valence-electron chi connectivity index (χ2n) is 8.84. The molecule has 7 nitrogen and oxygen atoms in total. The van der Waals surface area contributed by atoms with Gasteiger partial charge in [0.1, 0.15) is 11.9 Å². The zero-order valence-corrected chi connectivity index (χ0v) is 20.4. The van der Waals surface area contributed by atoms with Gasteiger partial charge in [-0.2, -0.15) is 10.4 Å². The van der Waals surface area contributed by atoms with E-state index in [0.29, 0.717) is 28.5 Å². The van der Waals surface area contributed by atoms with Crippen molar-refractivity contribution in [1.82, 2.24) is 15.1 Å². The van der Waals surface area contributed by atoms with Gasteiger partial charge >= 0.3 is 0 Å². The van der Waals surface area contributed by atoms with E-state index in [0.717, 1.165) is 44.5 Å². The number of nitrogens with two attached hydrogens (primary N) is 1. The molecule has 0 saturated carbocycles. The van der Waals surface area contributed by atoms with Gasteiger partial charge in [-0.1, -0.05) is 17.7 Å². The molecule has 1 aliphatic rings. The second kappa shape index (κ2) is 10.9. The third kappa shape index (κ3) is 5.64. The third-order valence-electron chi connectivity index (χ3n) is 6.08. The molecule has 35 heavy (non-hydrogen) atoms. The Morgan fingerprint density at radius 1 is 1.26 bits per heavy atom. The van der Waals surface area contributed by atoms with Crippen LogP contribution < -0.4 is 16.0 Å². The Morgan fingerprint density at radius 2 is 2.03 bits per heavy atom. The van der Waals surface area contributed by atoms with Crippen molar-refractivity contribution in [3.05, 3.63) is 64.6 Å². The van der Waals surface area contributed by atoms with Crippen LogP contribution in [0.25, 0.3) is 16.9 Å². The lowest BCUT2D eigenvalue weighted by atomic mass is 10.1. The maximum absolute atomic E-state index is 14.4. The fourth-order valence-corrected chi connectivity index (χ4v) is 4.46. The predicted octanol–water partition coefficient (Wildman–Crippen LogP) is 4.66. The van der Waals surface area contributed by atoms with Gasteiger partial charge in [0.15, 0.2) is 5.69 Å². The summed E-state index contributed by atoms with van der Waals surface area (Å²) < 4.78 is 16.0. The Morgan fingerprint density at radius 3 is 2.69 bits per heavy atom. The first-order valence-corrected chi connectivity index (χ1v) is 12.1. The Balaban J connectivity index is 1.70. The number of carbonyl (C=O) groups excluding carboxylic acids is 1. The number of nitrogens with zero attached hydrogens (tertiary/aromatic N) is 4. The van der Waals surface area contributed by atoms with E-state index in [1.165, 1.54) is 12.1 Å². The summed E-state index contributed by atoms with van der Waals surface area (Å²) >= 11 is 6.68. The highest BCUT2D eigenvalue weighted by atomic mass is 35.5. The Hall–Kier alpha value is -3.41. The number of carbonyl (C=O) groups is 1. The molecule has 0 radical (unpaired) electrons. The molecule has 0 spiro atoms. The number of halogens is 2. The molecule has 1 fully saturated rings. The highest BCUT2D eigenvalue weighted by Crippen LogP contribution is 2.32. The lowest BCUT2D eigenvalue weighted by Gasteiger charge is -2.19. The number of amides is 1. The Bertz CT molecular complexity index is 1260. The van der Waals surface area contributed by atoms with Crippen molar-refractivity contribution < 1.29 is 9.18 Å². The standard InChI is InChI=1S/C26H28ClFN6O/c1-17(30)5-4-10-31-26(35)23-15-25(18-6-7-19(16-29)22(28)13-18)34(32-23)24-9-8-20(14-21(24)27)33-11-2-3-12-33/h6-9,13-15,17H,2-5,10-12,30H2,1H3,(H,31,35)/t17-/m0/s1. The normalized spacial score (nSPS) is 14.1. The van der Waals surface area contributed by atoms with E-state index in [2.05, 4.69) is 15.3 Å². The van der Waals surface area contributed by atoms with Crippen LogP contribution in [0.15, 0.2) is 42.5 Å². The van der Waals surface area contributed by atoms with Crippen molar-refractivity contribution in [1.29, 1.82) is 5.26 Å². The highest BCUT2D eigenvalue weighted by Gasteiger charge is 2.20. The topological polar surface area (TPSA) is 100.0 Å². The van der Waals surface area contributed by atoms with Crippen LogP contribution >= 0.6 is 11.6 Å². The van der Waals surface area contributed by atoms with Crippen LogP contribution in [0, 0.1) is 17.1 Å². The van der Waals surface area contributed by atoms with Gasteiger partial charge in [-0.3, -0.25) is 4.79 Å². The number of hydrogen-bond donors (Lipinski definition) is 2. The van der Waals surface area contributed by atoms with Gasteiger partial charge in [-0.25, -0.2) is 9.07 Å². The molecule has 1 amide bonds. The zero-order valence-electron chi connectivity index (χ0n) is 19.6. The van der Waals surface area contributed by atoms with Crippen LogP contribution in [0.4, 0.5) is 10.1 Å². The second-order valence-corrected chi connectivity index (χ2v) is 9.25. The van der Waals surface area contributed by atoms with Crippen LogP contribution in [-0.2, 0) is 0 Å². The summed E-state index contributed by atoms with van der Waals surface area (Å²) in [5.41, 5.74) is 8.48. The smallest absolute Gasteiger partial charge is 0.271 e. The molecule has 182 valence electrons. The Labute approximate surface area is 209 Å². The lowest BCUT2D eigenvalue weighted by molar-refractivity contribution is 0.0947. The van der Waals surface area contributed by atoms with Gasteiger partial charge in [-0.05, 0) is 69.0 Å². The number of hydrogen-bond acceptors (Lipinski definition) is 5. The average Bonchev–Trinajstić information content (AvgIpc) is 3.52. The zero-order chi connectivity index (χ0) is 24.9. The largest absolute Gasteiger partial charge is 0.371 e. The molecule has 0 aliphatic carbocycles. The van der Waals surface area contributed by atoms with Gasteiger partial charge < -0.3 is 16.0 Å². The van der Waals surface area contributed by atoms with Crippen molar-refractivity contribution in [3.63, 3.8) is 0 Å². The van der Waals surface area contributed by atoms with E-state index in [1.54, 1.807) is 16.8 Å². The van der Waals surface area contributed by atoms with Gasteiger partial charge in [-0.15, -0.1) is 0 Å². The van der Waals surface area contributed by atoms with E-state index in [4.69, 9.17) is 22.6 Å². The molecule has 0 bridgehead atoms. The van der Waals surface area contributed by atoms with Crippen LogP contribution in [0.2, 0.25) is 5.02 Å².